The topological polar surface area (TPSA) is 106 Å². The van der Waals surface area contributed by atoms with Crippen LogP contribution in [0.25, 0.3) is 0 Å². The third-order valence-corrected chi connectivity index (χ3v) is 8.90. The molecule has 0 spiro atoms. The van der Waals surface area contributed by atoms with Crippen LogP contribution in [-0.4, -0.2) is 89.6 Å². The predicted molar refractivity (Wildman–Crippen MR) is 142 cm³/mol. The lowest BCUT2D eigenvalue weighted by molar-refractivity contribution is -0.134. The largest absolute Gasteiger partial charge is 0.497 e. The summed E-state index contributed by atoms with van der Waals surface area (Å²) in [7, 11) is -0.837. The van der Waals surface area contributed by atoms with Crippen molar-refractivity contribution >= 4 is 27.6 Å². The molecule has 0 unspecified atom stereocenters. The van der Waals surface area contributed by atoms with Gasteiger partial charge in [0.15, 0.2) is 6.61 Å². The van der Waals surface area contributed by atoms with E-state index in [1.54, 1.807) is 12.0 Å². The van der Waals surface area contributed by atoms with Gasteiger partial charge in [-0.1, -0.05) is 12.8 Å². The number of amides is 1. The number of anilines is 1. The summed E-state index contributed by atoms with van der Waals surface area (Å²) in [5.74, 6) is -0.103. The van der Waals surface area contributed by atoms with Crippen LogP contribution in [0.15, 0.2) is 47.4 Å². The van der Waals surface area contributed by atoms with E-state index < -0.39 is 22.6 Å². The molecule has 0 aliphatic carbocycles. The van der Waals surface area contributed by atoms with Crippen LogP contribution in [0, 0.1) is 0 Å². The lowest BCUT2D eigenvalue weighted by Crippen LogP contribution is -2.49. The van der Waals surface area contributed by atoms with Crippen molar-refractivity contribution in [3.63, 3.8) is 0 Å². The lowest BCUT2D eigenvalue weighted by atomic mass is 10.2. The molecule has 0 saturated carbocycles. The van der Waals surface area contributed by atoms with Crippen molar-refractivity contribution in [3.8, 4) is 11.5 Å². The summed E-state index contributed by atoms with van der Waals surface area (Å²) in [5.41, 5.74) is 1.10. The zero-order valence-electron chi connectivity index (χ0n) is 21.9. The molecule has 4 rings (SSSR count). The van der Waals surface area contributed by atoms with E-state index in [0.717, 1.165) is 37.1 Å². The Bertz CT molecular complexity index is 1220. The number of carbonyl (C=O) groups is 2. The summed E-state index contributed by atoms with van der Waals surface area (Å²) in [6.07, 6.45) is 3.56. The van der Waals surface area contributed by atoms with Crippen molar-refractivity contribution < 1.29 is 32.2 Å². The summed E-state index contributed by atoms with van der Waals surface area (Å²) < 4.78 is 43.9. The smallest absolute Gasteiger partial charge is 0.338 e. The third-order valence-electron chi connectivity index (χ3n) is 6.98. The number of esters is 1. The van der Waals surface area contributed by atoms with E-state index in [9.17, 15) is 18.0 Å². The minimum Gasteiger partial charge on any atom is -0.497 e. The highest BCUT2D eigenvalue weighted by Gasteiger charge is 2.30. The fourth-order valence-corrected chi connectivity index (χ4v) is 6.43. The zero-order chi connectivity index (χ0) is 27.1. The summed E-state index contributed by atoms with van der Waals surface area (Å²) in [5, 5.41) is 0. The molecule has 0 aromatic heterocycles. The van der Waals surface area contributed by atoms with E-state index in [1.807, 2.05) is 24.3 Å². The number of nitrogens with zero attached hydrogens (tertiary/aromatic N) is 3. The second-order valence-electron chi connectivity index (χ2n) is 9.33. The standard InChI is InChI=1S/C27H35N3O7S/c1-35-23-10-8-22(9-11-23)28-15-17-29(18-16-28)26(31)20-37-27(32)21-7-12-24(36-2)25(19-21)38(33,34)30-13-5-3-4-6-14-30/h7-12,19H,3-6,13-18,20H2,1-2H3. The Morgan fingerprint density at radius 1 is 0.816 bits per heavy atom. The number of benzene rings is 2. The highest BCUT2D eigenvalue weighted by molar-refractivity contribution is 7.89. The van der Waals surface area contributed by atoms with Crippen LogP contribution in [0.4, 0.5) is 5.69 Å². The van der Waals surface area contributed by atoms with E-state index in [0.29, 0.717) is 39.3 Å². The van der Waals surface area contributed by atoms with E-state index in [2.05, 4.69) is 4.90 Å². The second-order valence-corrected chi connectivity index (χ2v) is 11.2. The number of rotatable bonds is 8. The van der Waals surface area contributed by atoms with Crippen molar-refractivity contribution in [1.82, 2.24) is 9.21 Å². The highest BCUT2D eigenvalue weighted by Crippen LogP contribution is 2.30. The van der Waals surface area contributed by atoms with Crippen molar-refractivity contribution in [3.05, 3.63) is 48.0 Å². The molecule has 2 heterocycles. The van der Waals surface area contributed by atoms with Gasteiger partial charge < -0.3 is 24.0 Å². The maximum Gasteiger partial charge on any atom is 0.338 e. The Morgan fingerprint density at radius 2 is 1.47 bits per heavy atom. The van der Waals surface area contributed by atoms with Crippen molar-refractivity contribution in [2.45, 2.75) is 30.6 Å². The number of carbonyl (C=O) groups excluding carboxylic acids is 2. The SMILES string of the molecule is COc1ccc(N2CCN(C(=O)COC(=O)c3ccc(OC)c(S(=O)(=O)N4CCCCCC4)c3)CC2)cc1. The van der Waals surface area contributed by atoms with Gasteiger partial charge >= 0.3 is 5.97 Å². The average Bonchev–Trinajstić information content (AvgIpc) is 3.26. The van der Waals surface area contributed by atoms with E-state index in [-0.39, 0.29) is 22.1 Å². The molecule has 206 valence electrons. The molecule has 0 radical (unpaired) electrons. The van der Waals surface area contributed by atoms with Crippen LogP contribution in [0.1, 0.15) is 36.0 Å². The third kappa shape index (κ3) is 6.39. The maximum absolute atomic E-state index is 13.4. The van der Waals surface area contributed by atoms with Crippen LogP contribution in [0.3, 0.4) is 0 Å². The van der Waals surface area contributed by atoms with Gasteiger partial charge in [-0.15, -0.1) is 0 Å². The molecule has 38 heavy (non-hydrogen) atoms. The van der Waals surface area contributed by atoms with E-state index in [4.69, 9.17) is 14.2 Å². The molecule has 2 aliphatic heterocycles. The molecule has 0 bridgehead atoms. The lowest BCUT2D eigenvalue weighted by Gasteiger charge is -2.36. The molecule has 2 saturated heterocycles. The minimum atomic E-state index is -3.85. The van der Waals surface area contributed by atoms with Crippen molar-refractivity contribution in [1.29, 1.82) is 0 Å². The maximum atomic E-state index is 13.4. The molecule has 11 heteroatoms. The zero-order valence-corrected chi connectivity index (χ0v) is 22.7. The summed E-state index contributed by atoms with van der Waals surface area (Å²) >= 11 is 0. The highest BCUT2D eigenvalue weighted by atomic mass is 32.2. The summed E-state index contributed by atoms with van der Waals surface area (Å²) in [4.78, 5) is 29.3. The number of methoxy groups -OCH3 is 2. The van der Waals surface area contributed by atoms with Gasteiger partial charge in [-0.3, -0.25) is 4.79 Å². The monoisotopic (exact) mass is 545 g/mol. The first-order valence-electron chi connectivity index (χ1n) is 12.9. The number of piperazine rings is 1. The Hall–Kier alpha value is -3.31. The van der Waals surface area contributed by atoms with Gasteiger partial charge in [0, 0.05) is 45.0 Å². The Morgan fingerprint density at radius 3 is 2.08 bits per heavy atom. The van der Waals surface area contributed by atoms with Gasteiger partial charge in [0.05, 0.1) is 19.8 Å². The Balaban J connectivity index is 1.35. The van der Waals surface area contributed by atoms with Crippen LogP contribution in [0.2, 0.25) is 0 Å². The second kappa shape index (κ2) is 12.5. The molecule has 0 atom stereocenters. The molecular weight excluding hydrogens is 510 g/mol. The normalized spacial score (nSPS) is 17.0. The molecule has 2 fully saturated rings. The molecule has 2 aliphatic rings. The molecule has 2 aromatic carbocycles. The van der Waals surface area contributed by atoms with E-state index >= 15 is 0 Å². The van der Waals surface area contributed by atoms with Gasteiger partial charge in [-0.25, -0.2) is 13.2 Å². The average molecular weight is 546 g/mol. The van der Waals surface area contributed by atoms with Gasteiger partial charge in [0.25, 0.3) is 5.91 Å². The quantitative estimate of drug-likeness (QED) is 0.467. The van der Waals surface area contributed by atoms with Crippen LogP contribution in [0.5, 0.6) is 11.5 Å². The summed E-state index contributed by atoms with van der Waals surface area (Å²) in [6, 6.07) is 11.9. The number of sulfonamides is 1. The van der Waals surface area contributed by atoms with Crippen molar-refractivity contribution in [2.75, 3.05) is 65.0 Å². The molecule has 0 N–H and O–H groups in total. The summed E-state index contributed by atoms with van der Waals surface area (Å²) in [6.45, 7) is 2.76. The van der Waals surface area contributed by atoms with Crippen LogP contribution in [-0.2, 0) is 19.6 Å². The Kier molecular flexibility index (Phi) is 9.11. The van der Waals surface area contributed by atoms with Gasteiger partial charge in [0.1, 0.15) is 16.4 Å². The van der Waals surface area contributed by atoms with Gasteiger partial charge in [-0.05, 0) is 55.3 Å². The van der Waals surface area contributed by atoms with E-state index in [1.165, 1.54) is 29.6 Å². The molecule has 1 amide bonds. The first-order valence-corrected chi connectivity index (χ1v) is 14.3. The molecule has 2 aromatic rings. The molecule has 10 nitrogen and oxygen atoms in total. The Labute approximate surface area is 224 Å². The fourth-order valence-electron chi connectivity index (χ4n) is 4.74. The number of hydrogen-bond donors (Lipinski definition) is 0. The van der Waals surface area contributed by atoms with Crippen molar-refractivity contribution in [2.24, 2.45) is 0 Å². The first-order chi connectivity index (χ1) is 18.3. The predicted octanol–water partition coefficient (Wildman–Crippen LogP) is 2.77. The fraction of sp³-hybridized carbons (Fsp3) is 0.481. The van der Waals surface area contributed by atoms with Gasteiger partial charge in [0.2, 0.25) is 10.0 Å². The minimum absolute atomic E-state index is 0.0521. The first kappa shape index (κ1) is 27.7. The number of hydrogen-bond acceptors (Lipinski definition) is 8. The number of ether oxygens (including phenoxy) is 3. The van der Waals surface area contributed by atoms with Gasteiger partial charge in [-0.2, -0.15) is 4.31 Å². The van der Waals surface area contributed by atoms with Crippen LogP contribution < -0.4 is 14.4 Å². The molecular formula is C27H35N3O7S. The van der Waals surface area contributed by atoms with Crippen LogP contribution >= 0.6 is 0 Å².